The second-order valence-corrected chi connectivity index (χ2v) is 5.35. The van der Waals surface area contributed by atoms with Gasteiger partial charge in [-0.3, -0.25) is 4.79 Å². The SMILES string of the molecule is CN(CC1CCCC1)C(=O)Cc1cccc(N)c1. The first-order chi connectivity index (χ1) is 8.65. The van der Waals surface area contributed by atoms with Gasteiger partial charge in [-0.15, -0.1) is 0 Å². The Hall–Kier alpha value is -1.51. The van der Waals surface area contributed by atoms with Crippen molar-refractivity contribution in [1.82, 2.24) is 4.90 Å². The van der Waals surface area contributed by atoms with Crippen LogP contribution >= 0.6 is 0 Å². The highest BCUT2D eigenvalue weighted by Gasteiger charge is 2.19. The third kappa shape index (κ3) is 3.49. The summed E-state index contributed by atoms with van der Waals surface area (Å²) in [7, 11) is 1.91. The molecule has 0 radical (unpaired) electrons. The van der Waals surface area contributed by atoms with Crippen LogP contribution in [-0.2, 0) is 11.2 Å². The first-order valence-electron chi connectivity index (χ1n) is 6.73. The zero-order chi connectivity index (χ0) is 13.0. The minimum atomic E-state index is 0.188. The van der Waals surface area contributed by atoms with Crippen LogP contribution in [0.5, 0.6) is 0 Å². The Balaban J connectivity index is 1.86. The van der Waals surface area contributed by atoms with E-state index < -0.39 is 0 Å². The smallest absolute Gasteiger partial charge is 0.226 e. The summed E-state index contributed by atoms with van der Waals surface area (Å²) in [6.45, 7) is 0.904. The summed E-state index contributed by atoms with van der Waals surface area (Å²) >= 11 is 0. The van der Waals surface area contributed by atoms with E-state index in [9.17, 15) is 4.79 Å². The van der Waals surface area contributed by atoms with E-state index in [0.717, 1.165) is 17.8 Å². The van der Waals surface area contributed by atoms with Crippen LogP contribution in [0, 0.1) is 5.92 Å². The molecule has 98 valence electrons. The van der Waals surface area contributed by atoms with E-state index in [1.807, 2.05) is 36.2 Å². The van der Waals surface area contributed by atoms with E-state index >= 15 is 0 Å². The van der Waals surface area contributed by atoms with E-state index in [4.69, 9.17) is 5.73 Å². The van der Waals surface area contributed by atoms with Gasteiger partial charge in [0.15, 0.2) is 0 Å². The molecule has 0 spiro atoms. The van der Waals surface area contributed by atoms with Crippen LogP contribution in [-0.4, -0.2) is 24.4 Å². The van der Waals surface area contributed by atoms with Gasteiger partial charge in [-0.05, 0) is 36.5 Å². The second kappa shape index (κ2) is 5.89. The summed E-state index contributed by atoms with van der Waals surface area (Å²) in [5.74, 6) is 0.896. The number of benzene rings is 1. The summed E-state index contributed by atoms with van der Waals surface area (Å²) in [6, 6.07) is 7.57. The fourth-order valence-electron chi connectivity index (χ4n) is 2.69. The fraction of sp³-hybridized carbons (Fsp3) is 0.533. The third-order valence-electron chi connectivity index (χ3n) is 3.74. The molecule has 0 heterocycles. The molecule has 18 heavy (non-hydrogen) atoms. The van der Waals surface area contributed by atoms with Gasteiger partial charge in [0.25, 0.3) is 0 Å². The minimum Gasteiger partial charge on any atom is -0.399 e. The number of amides is 1. The van der Waals surface area contributed by atoms with Crippen molar-refractivity contribution in [3.63, 3.8) is 0 Å². The molecule has 2 rings (SSSR count). The second-order valence-electron chi connectivity index (χ2n) is 5.35. The lowest BCUT2D eigenvalue weighted by molar-refractivity contribution is -0.129. The lowest BCUT2D eigenvalue weighted by atomic mass is 10.1. The molecule has 0 aliphatic heterocycles. The number of carbonyl (C=O) groups excluding carboxylic acids is 1. The van der Waals surface area contributed by atoms with Crippen LogP contribution in [0.4, 0.5) is 5.69 Å². The number of hydrogen-bond donors (Lipinski definition) is 1. The van der Waals surface area contributed by atoms with Crippen molar-refractivity contribution < 1.29 is 4.79 Å². The Morgan fingerprint density at radius 3 is 2.78 bits per heavy atom. The van der Waals surface area contributed by atoms with Gasteiger partial charge in [-0.1, -0.05) is 25.0 Å². The molecule has 1 aromatic carbocycles. The summed E-state index contributed by atoms with van der Waals surface area (Å²) in [5.41, 5.74) is 7.44. The number of likely N-dealkylation sites (N-methyl/N-ethyl adjacent to an activating group) is 1. The molecule has 3 heteroatoms. The zero-order valence-corrected chi connectivity index (χ0v) is 11.1. The van der Waals surface area contributed by atoms with Gasteiger partial charge in [-0.2, -0.15) is 0 Å². The van der Waals surface area contributed by atoms with Gasteiger partial charge in [-0.25, -0.2) is 0 Å². The monoisotopic (exact) mass is 246 g/mol. The summed E-state index contributed by atoms with van der Waals surface area (Å²) in [5, 5.41) is 0. The molecule has 1 saturated carbocycles. The predicted molar refractivity (Wildman–Crippen MR) is 74.2 cm³/mol. The average molecular weight is 246 g/mol. The van der Waals surface area contributed by atoms with E-state index in [-0.39, 0.29) is 5.91 Å². The predicted octanol–water partition coefficient (Wildman–Crippen LogP) is 2.46. The van der Waals surface area contributed by atoms with E-state index in [2.05, 4.69) is 0 Å². The largest absolute Gasteiger partial charge is 0.399 e. The molecule has 1 aliphatic rings. The van der Waals surface area contributed by atoms with Gasteiger partial charge >= 0.3 is 0 Å². The topological polar surface area (TPSA) is 46.3 Å². The maximum Gasteiger partial charge on any atom is 0.226 e. The van der Waals surface area contributed by atoms with Crippen molar-refractivity contribution in [1.29, 1.82) is 0 Å². The highest BCUT2D eigenvalue weighted by molar-refractivity contribution is 5.78. The standard InChI is InChI=1S/C15H22N2O/c1-17(11-12-5-2-3-6-12)15(18)10-13-7-4-8-14(16)9-13/h4,7-9,12H,2-3,5-6,10-11,16H2,1H3. The maximum atomic E-state index is 12.1. The average Bonchev–Trinajstić information content (AvgIpc) is 2.81. The molecule has 3 nitrogen and oxygen atoms in total. The fourth-order valence-corrected chi connectivity index (χ4v) is 2.69. The minimum absolute atomic E-state index is 0.188. The molecule has 1 aliphatic carbocycles. The molecule has 0 unspecified atom stereocenters. The van der Waals surface area contributed by atoms with Crippen molar-refractivity contribution in [3.05, 3.63) is 29.8 Å². The summed E-state index contributed by atoms with van der Waals surface area (Å²) in [4.78, 5) is 14.0. The Labute approximate surface area is 109 Å². The van der Waals surface area contributed by atoms with Crippen molar-refractivity contribution in [2.75, 3.05) is 19.3 Å². The van der Waals surface area contributed by atoms with Gasteiger partial charge in [0.1, 0.15) is 0 Å². The Kier molecular flexibility index (Phi) is 4.24. The molecule has 2 N–H and O–H groups in total. The molecule has 0 bridgehead atoms. The van der Waals surface area contributed by atoms with Gasteiger partial charge in [0.2, 0.25) is 5.91 Å². The number of nitrogens with zero attached hydrogens (tertiary/aromatic N) is 1. The Morgan fingerprint density at radius 1 is 1.39 bits per heavy atom. The quantitative estimate of drug-likeness (QED) is 0.829. The van der Waals surface area contributed by atoms with Crippen LogP contribution in [0.2, 0.25) is 0 Å². The maximum absolute atomic E-state index is 12.1. The molecule has 0 atom stereocenters. The van der Waals surface area contributed by atoms with Crippen LogP contribution < -0.4 is 5.73 Å². The number of rotatable bonds is 4. The van der Waals surface area contributed by atoms with Crippen molar-refractivity contribution in [2.24, 2.45) is 5.92 Å². The number of anilines is 1. The molecule has 1 fully saturated rings. The van der Waals surface area contributed by atoms with Crippen LogP contribution in [0.15, 0.2) is 24.3 Å². The third-order valence-corrected chi connectivity index (χ3v) is 3.74. The highest BCUT2D eigenvalue weighted by Crippen LogP contribution is 2.25. The highest BCUT2D eigenvalue weighted by atomic mass is 16.2. The molecular formula is C15H22N2O. The molecule has 1 aromatic rings. The lowest BCUT2D eigenvalue weighted by Gasteiger charge is -2.21. The summed E-state index contributed by atoms with van der Waals surface area (Å²) in [6.07, 6.45) is 5.64. The number of hydrogen-bond acceptors (Lipinski definition) is 2. The van der Waals surface area contributed by atoms with E-state index in [1.54, 1.807) is 0 Å². The lowest BCUT2D eigenvalue weighted by Crippen LogP contribution is -2.32. The summed E-state index contributed by atoms with van der Waals surface area (Å²) < 4.78 is 0. The van der Waals surface area contributed by atoms with Crippen molar-refractivity contribution >= 4 is 11.6 Å². The van der Waals surface area contributed by atoms with E-state index in [1.165, 1.54) is 25.7 Å². The van der Waals surface area contributed by atoms with Crippen LogP contribution in [0.1, 0.15) is 31.2 Å². The Bertz CT molecular complexity index is 411. The number of nitrogens with two attached hydrogens (primary N) is 1. The van der Waals surface area contributed by atoms with Crippen LogP contribution in [0.25, 0.3) is 0 Å². The van der Waals surface area contributed by atoms with Gasteiger partial charge in [0, 0.05) is 19.3 Å². The molecule has 0 aromatic heterocycles. The molecular weight excluding hydrogens is 224 g/mol. The van der Waals surface area contributed by atoms with E-state index in [0.29, 0.717) is 12.3 Å². The van der Waals surface area contributed by atoms with Crippen molar-refractivity contribution in [3.8, 4) is 0 Å². The number of nitrogen functional groups attached to an aromatic ring is 1. The van der Waals surface area contributed by atoms with Gasteiger partial charge < -0.3 is 10.6 Å². The first-order valence-corrected chi connectivity index (χ1v) is 6.73. The Morgan fingerprint density at radius 2 is 2.11 bits per heavy atom. The molecule has 0 saturated heterocycles. The first kappa shape index (κ1) is 12.9. The number of carbonyl (C=O) groups is 1. The zero-order valence-electron chi connectivity index (χ0n) is 11.1. The van der Waals surface area contributed by atoms with Gasteiger partial charge in [0.05, 0.1) is 6.42 Å². The van der Waals surface area contributed by atoms with Crippen molar-refractivity contribution in [2.45, 2.75) is 32.1 Å². The molecule has 1 amide bonds. The van der Waals surface area contributed by atoms with Crippen LogP contribution in [0.3, 0.4) is 0 Å². The normalized spacial score (nSPS) is 15.8.